The number of nitrogens with one attached hydrogen (secondary N) is 1. The molecule has 0 bridgehead atoms. The minimum Gasteiger partial charge on any atom is -0.497 e. The topological polar surface area (TPSA) is 96.0 Å². The number of ether oxygens (including phenoxy) is 1. The van der Waals surface area contributed by atoms with Gasteiger partial charge in [-0.05, 0) is 61.4 Å². The van der Waals surface area contributed by atoms with Crippen LogP contribution in [0.2, 0.25) is 5.02 Å². The molecule has 226 valence electrons. The van der Waals surface area contributed by atoms with E-state index in [1.54, 1.807) is 44.2 Å². The van der Waals surface area contributed by atoms with Crippen molar-refractivity contribution in [3.63, 3.8) is 0 Å². The molecule has 2 amide bonds. The van der Waals surface area contributed by atoms with Gasteiger partial charge in [-0.3, -0.25) is 13.9 Å². The molecule has 3 aromatic carbocycles. The number of rotatable bonds is 12. The lowest BCUT2D eigenvalue weighted by Gasteiger charge is -2.33. The predicted octanol–water partition coefficient (Wildman–Crippen LogP) is 5.51. The number of hydrogen-bond acceptors (Lipinski definition) is 5. The Morgan fingerprint density at radius 2 is 1.69 bits per heavy atom. The number of hydrogen-bond donors (Lipinski definition) is 1. The third-order valence-electron chi connectivity index (χ3n) is 6.38. The second-order valence-electron chi connectivity index (χ2n) is 9.18. The van der Waals surface area contributed by atoms with Crippen LogP contribution in [0.4, 0.5) is 18.9 Å². The summed E-state index contributed by atoms with van der Waals surface area (Å²) in [5, 5.41) is 2.36. The van der Waals surface area contributed by atoms with Gasteiger partial charge in [0.1, 0.15) is 18.3 Å². The summed E-state index contributed by atoms with van der Waals surface area (Å²) >= 11 is 6.27. The van der Waals surface area contributed by atoms with Crippen molar-refractivity contribution in [2.45, 2.75) is 43.9 Å². The van der Waals surface area contributed by atoms with E-state index in [0.717, 1.165) is 12.1 Å². The molecule has 3 aromatic rings. The van der Waals surface area contributed by atoms with Crippen LogP contribution in [-0.4, -0.2) is 51.4 Å². The first-order chi connectivity index (χ1) is 19.8. The highest BCUT2D eigenvalue weighted by atomic mass is 35.5. The van der Waals surface area contributed by atoms with Crippen molar-refractivity contribution in [2.75, 3.05) is 24.5 Å². The molecule has 0 aliphatic carbocycles. The molecule has 0 spiro atoms. The number of sulfonamides is 1. The molecule has 0 saturated carbocycles. The number of methoxy groups -OCH3 is 1. The summed E-state index contributed by atoms with van der Waals surface area (Å²) in [5.41, 5.74) is -1.10. The molecule has 0 saturated heterocycles. The first-order valence-corrected chi connectivity index (χ1v) is 14.8. The summed E-state index contributed by atoms with van der Waals surface area (Å²) < 4.78 is 74.4. The number of likely N-dealkylation sites (N-methyl/N-ethyl adjacent to an activating group) is 1. The average Bonchev–Trinajstić information content (AvgIpc) is 2.96. The Kier molecular flexibility index (Phi) is 10.9. The normalized spacial score (nSPS) is 12.4. The standard InChI is InChI=1S/C29H31ClF3N3O5S/c1-4-25(28(38)34-5-2)35(18-20-10-9-11-22(16-20)41-3)27(37)19-36(42(39,40)23-12-7-6-8-13-23)26-17-21(29(31,32)33)14-15-24(26)30/h6-17,25H,4-5,18-19H2,1-3H3,(H,34,38)/t25-/m1/s1. The summed E-state index contributed by atoms with van der Waals surface area (Å²) in [6.07, 6.45) is -4.63. The van der Waals surface area contributed by atoms with Gasteiger partial charge >= 0.3 is 6.18 Å². The number of carbonyl (C=O) groups is 2. The van der Waals surface area contributed by atoms with Gasteiger partial charge in [-0.1, -0.05) is 48.9 Å². The molecular formula is C29H31ClF3N3O5S. The van der Waals surface area contributed by atoms with Crippen molar-refractivity contribution < 1.29 is 35.9 Å². The molecule has 0 aromatic heterocycles. The van der Waals surface area contributed by atoms with Crippen LogP contribution in [0.1, 0.15) is 31.4 Å². The van der Waals surface area contributed by atoms with E-state index in [4.69, 9.17) is 16.3 Å². The minimum absolute atomic E-state index is 0.110. The van der Waals surface area contributed by atoms with Gasteiger partial charge < -0.3 is 15.0 Å². The van der Waals surface area contributed by atoms with Gasteiger partial charge in [0, 0.05) is 13.1 Å². The predicted molar refractivity (Wildman–Crippen MR) is 154 cm³/mol. The molecule has 3 rings (SSSR count). The van der Waals surface area contributed by atoms with Crippen molar-refractivity contribution in [3.05, 3.63) is 88.9 Å². The molecule has 0 aliphatic heterocycles. The molecule has 0 aliphatic rings. The van der Waals surface area contributed by atoms with Crippen LogP contribution in [0.5, 0.6) is 5.75 Å². The van der Waals surface area contributed by atoms with E-state index in [0.29, 0.717) is 21.7 Å². The second kappa shape index (κ2) is 13.9. The summed E-state index contributed by atoms with van der Waals surface area (Å²) in [6.45, 7) is 2.64. The maximum Gasteiger partial charge on any atom is 0.416 e. The molecule has 13 heteroatoms. The van der Waals surface area contributed by atoms with E-state index < -0.39 is 51.9 Å². The van der Waals surface area contributed by atoms with Crippen LogP contribution in [0.25, 0.3) is 0 Å². The number of anilines is 1. The zero-order valence-electron chi connectivity index (χ0n) is 23.2. The lowest BCUT2D eigenvalue weighted by atomic mass is 10.1. The summed E-state index contributed by atoms with van der Waals surface area (Å²) in [7, 11) is -3.13. The highest BCUT2D eigenvalue weighted by molar-refractivity contribution is 7.92. The SMILES string of the molecule is CCNC(=O)[C@@H](CC)N(Cc1cccc(OC)c1)C(=O)CN(c1cc(C(F)(F)F)ccc1Cl)S(=O)(=O)c1ccccc1. The van der Waals surface area contributed by atoms with Crippen LogP contribution < -0.4 is 14.4 Å². The van der Waals surface area contributed by atoms with Crippen LogP contribution >= 0.6 is 11.6 Å². The van der Waals surface area contributed by atoms with E-state index in [1.165, 1.54) is 36.3 Å². The molecular weight excluding hydrogens is 595 g/mol. The Bertz CT molecular complexity index is 1500. The number of halogens is 4. The second-order valence-corrected chi connectivity index (χ2v) is 11.4. The number of amides is 2. The first kappa shape index (κ1) is 32.7. The maximum atomic E-state index is 14.0. The zero-order valence-corrected chi connectivity index (χ0v) is 24.8. The molecule has 8 nitrogen and oxygen atoms in total. The summed E-state index contributed by atoms with van der Waals surface area (Å²) in [4.78, 5) is 28.0. The van der Waals surface area contributed by atoms with E-state index in [1.807, 2.05) is 0 Å². The summed E-state index contributed by atoms with van der Waals surface area (Å²) in [5.74, 6) is -0.801. The van der Waals surface area contributed by atoms with Gasteiger partial charge in [-0.25, -0.2) is 8.42 Å². The fraction of sp³-hybridized carbons (Fsp3) is 0.310. The van der Waals surface area contributed by atoms with Crippen molar-refractivity contribution in [1.82, 2.24) is 10.2 Å². The van der Waals surface area contributed by atoms with Crippen molar-refractivity contribution in [2.24, 2.45) is 0 Å². The van der Waals surface area contributed by atoms with Gasteiger partial charge in [0.2, 0.25) is 11.8 Å². The third kappa shape index (κ3) is 7.74. The fourth-order valence-corrected chi connectivity index (χ4v) is 6.01. The first-order valence-electron chi connectivity index (χ1n) is 13.0. The van der Waals surface area contributed by atoms with Crippen molar-refractivity contribution in [3.8, 4) is 5.75 Å². The van der Waals surface area contributed by atoms with Crippen LogP contribution in [0.15, 0.2) is 77.7 Å². The number of alkyl halides is 3. The van der Waals surface area contributed by atoms with E-state index in [9.17, 15) is 31.2 Å². The van der Waals surface area contributed by atoms with Crippen molar-refractivity contribution in [1.29, 1.82) is 0 Å². The fourth-order valence-electron chi connectivity index (χ4n) is 4.29. The number of nitrogens with zero attached hydrogens (tertiary/aromatic N) is 2. The Morgan fingerprint density at radius 3 is 2.29 bits per heavy atom. The molecule has 0 unspecified atom stereocenters. The third-order valence-corrected chi connectivity index (χ3v) is 8.47. The quantitative estimate of drug-likeness (QED) is 0.287. The summed E-state index contributed by atoms with van der Waals surface area (Å²) in [6, 6.07) is 14.9. The molecule has 0 fully saturated rings. The van der Waals surface area contributed by atoms with Gasteiger partial charge in [-0.15, -0.1) is 0 Å². The van der Waals surface area contributed by atoms with Crippen LogP contribution in [-0.2, 0) is 32.3 Å². The van der Waals surface area contributed by atoms with Crippen LogP contribution in [0, 0.1) is 0 Å². The van der Waals surface area contributed by atoms with E-state index >= 15 is 0 Å². The largest absolute Gasteiger partial charge is 0.497 e. The molecule has 0 heterocycles. The highest BCUT2D eigenvalue weighted by Gasteiger charge is 2.36. The van der Waals surface area contributed by atoms with E-state index in [2.05, 4.69) is 5.32 Å². The number of benzene rings is 3. The maximum absolute atomic E-state index is 14.0. The van der Waals surface area contributed by atoms with Crippen LogP contribution in [0.3, 0.4) is 0 Å². The Morgan fingerprint density at radius 1 is 1.00 bits per heavy atom. The highest BCUT2D eigenvalue weighted by Crippen LogP contribution is 2.37. The van der Waals surface area contributed by atoms with Gasteiger partial charge in [0.15, 0.2) is 0 Å². The lowest BCUT2D eigenvalue weighted by molar-refractivity contribution is -0.140. The molecule has 1 atom stereocenters. The van der Waals surface area contributed by atoms with Gasteiger partial charge in [-0.2, -0.15) is 13.2 Å². The number of carbonyl (C=O) groups excluding carboxylic acids is 2. The smallest absolute Gasteiger partial charge is 0.416 e. The average molecular weight is 626 g/mol. The van der Waals surface area contributed by atoms with Gasteiger partial charge in [0.25, 0.3) is 10.0 Å². The van der Waals surface area contributed by atoms with Crippen molar-refractivity contribution >= 4 is 39.1 Å². The van der Waals surface area contributed by atoms with Gasteiger partial charge in [0.05, 0.1) is 28.3 Å². The zero-order chi connectivity index (χ0) is 31.1. The minimum atomic E-state index is -4.81. The molecule has 0 radical (unpaired) electrons. The monoisotopic (exact) mass is 625 g/mol. The Balaban J connectivity index is 2.16. The molecule has 42 heavy (non-hydrogen) atoms. The molecule has 1 N–H and O–H groups in total. The van der Waals surface area contributed by atoms with E-state index in [-0.39, 0.29) is 29.4 Å². The Hall–Kier alpha value is -3.77. The lowest BCUT2D eigenvalue weighted by Crippen LogP contribution is -2.52. The Labute approximate surface area is 248 Å².